The van der Waals surface area contributed by atoms with Crippen LogP contribution in [0, 0.1) is 0 Å². The van der Waals surface area contributed by atoms with Crippen LogP contribution in [-0.4, -0.2) is 54.2 Å². The van der Waals surface area contributed by atoms with Crippen molar-refractivity contribution in [1.82, 2.24) is 4.31 Å². The van der Waals surface area contributed by atoms with E-state index >= 15 is 0 Å². The van der Waals surface area contributed by atoms with Crippen molar-refractivity contribution in [1.29, 1.82) is 0 Å². The van der Waals surface area contributed by atoms with Crippen LogP contribution in [0.4, 0.5) is 5.69 Å². The van der Waals surface area contributed by atoms with E-state index in [1.807, 2.05) is 43.3 Å². The van der Waals surface area contributed by atoms with Crippen LogP contribution in [0.15, 0.2) is 53.4 Å². The highest BCUT2D eigenvalue weighted by Crippen LogP contribution is 2.21. The molecule has 0 amide bonds. The first-order valence-corrected chi connectivity index (χ1v) is 9.73. The second kappa shape index (κ2) is 9.02. The van der Waals surface area contributed by atoms with Gasteiger partial charge in [0.1, 0.15) is 12.4 Å². The van der Waals surface area contributed by atoms with Crippen molar-refractivity contribution in [2.45, 2.75) is 11.4 Å². The second-order valence-corrected chi connectivity index (χ2v) is 8.18. The first kappa shape index (κ1) is 20.2. The Morgan fingerprint density at radius 2 is 1.50 bits per heavy atom. The fraction of sp³-hybridized carbons (Fsp3) is 0.368. The van der Waals surface area contributed by atoms with Crippen LogP contribution in [0.1, 0.15) is 5.56 Å². The monoisotopic (exact) mass is 378 g/mol. The number of hydrogen-bond acceptors (Lipinski definition) is 5. The van der Waals surface area contributed by atoms with Crippen molar-refractivity contribution in [3.05, 3.63) is 54.1 Å². The summed E-state index contributed by atoms with van der Waals surface area (Å²) in [7, 11) is 3.55. The molecule has 0 fully saturated rings. The Balaban J connectivity index is 2.05. The minimum atomic E-state index is -3.56. The van der Waals surface area contributed by atoms with Gasteiger partial charge in [-0.25, -0.2) is 8.42 Å². The quantitative estimate of drug-likeness (QED) is 0.628. The summed E-state index contributed by atoms with van der Waals surface area (Å²) < 4.78 is 37.2. The van der Waals surface area contributed by atoms with Gasteiger partial charge in [-0.2, -0.15) is 4.31 Å². The Bertz CT molecular complexity index is 787. The number of nitrogens with zero attached hydrogens (tertiary/aromatic N) is 2. The number of ether oxygens (including phenoxy) is 2. The minimum absolute atomic E-state index is 0.240. The molecule has 0 aromatic heterocycles. The van der Waals surface area contributed by atoms with Crippen molar-refractivity contribution in [2.24, 2.45) is 0 Å². The largest absolute Gasteiger partial charge is 0.491 e. The molecule has 0 atom stereocenters. The van der Waals surface area contributed by atoms with Crippen molar-refractivity contribution in [3.63, 3.8) is 0 Å². The van der Waals surface area contributed by atoms with E-state index in [2.05, 4.69) is 0 Å². The van der Waals surface area contributed by atoms with E-state index in [-0.39, 0.29) is 4.90 Å². The summed E-state index contributed by atoms with van der Waals surface area (Å²) in [5.41, 5.74) is 2.00. The van der Waals surface area contributed by atoms with E-state index in [1.54, 1.807) is 38.4 Å². The van der Waals surface area contributed by atoms with Gasteiger partial charge in [0, 0.05) is 40.5 Å². The average Bonchev–Trinajstić information content (AvgIpc) is 2.63. The van der Waals surface area contributed by atoms with Crippen LogP contribution in [0.5, 0.6) is 5.75 Å². The Labute approximate surface area is 156 Å². The smallest absolute Gasteiger partial charge is 0.243 e. The molecule has 2 aromatic carbocycles. The third kappa shape index (κ3) is 5.20. The minimum Gasteiger partial charge on any atom is -0.491 e. The zero-order valence-corrected chi connectivity index (χ0v) is 16.5. The fourth-order valence-electron chi connectivity index (χ4n) is 2.37. The molecule has 0 aliphatic heterocycles. The van der Waals surface area contributed by atoms with Crippen molar-refractivity contribution < 1.29 is 17.9 Å². The van der Waals surface area contributed by atoms with Crippen LogP contribution >= 0.6 is 0 Å². The van der Waals surface area contributed by atoms with Crippen molar-refractivity contribution >= 4 is 15.7 Å². The SMILES string of the molecule is COCCOc1ccc(S(=O)(=O)N(C)Cc2ccc(N(C)C)cc2)cc1. The molecule has 0 N–H and O–H groups in total. The molecule has 26 heavy (non-hydrogen) atoms. The van der Waals surface area contributed by atoms with Gasteiger partial charge in [-0.3, -0.25) is 0 Å². The number of sulfonamides is 1. The predicted molar refractivity (Wildman–Crippen MR) is 103 cm³/mol. The lowest BCUT2D eigenvalue weighted by Crippen LogP contribution is -2.26. The molecule has 0 heterocycles. The Morgan fingerprint density at radius 1 is 0.885 bits per heavy atom. The maximum absolute atomic E-state index is 12.7. The number of hydrogen-bond donors (Lipinski definition) is 0. The summed E-state index contributed by atoms with van der Waals surface area (Å²) in [5.74, 6) is 0.614. The lowest BCUT2D eigenvalue weighted by Gasteiger charge is -2.18. The summed E-state index contributed by atoms with van der Waals surface area (Å²) >= 11 is 0. The molecule has 0 unspecified atom stereocenters. The van der Waals surface area contributed by atoms with Gasteiger partial charge in [-0.15, -0.1) is 0 Å². The molecule has 2 aromatic rings. The molecular weight excluding hydrogens is 352 g/mol. The first-order valence-electron chi connectivity index (χ1n) is 8.29. The number of methoxy groups -OCH3 is 1. The Hall–Kier alpha value is -2.09. The molecule has 0 bridgehead atoms. The van der Waals surface area contributed by atoms with E-state index in [1.165, 1.54) is 4.31 Å². The van der Waals surface area contributed by atoms with Gasteiger partial charge in [-0.05, 0) is 42.0 Å². The van der Waals surface area contributed by atoms with Gasteiger partial charge in [0.05, 0.1) is 11.5 Å². The summed E-state index contributed by atoms with van der Waals surface area (Å²) in [6.07, 6.45) is 0. The number of anilines is 1. The van der Waals surface area contributed by atoms with Crippen LogP contribution in [0.2, 0.25) is 0 Å². The van der Waals surface area contributed by atoms with Crippen LogP contribution in [0.25, 0.3) is 0 Å². The zero-order chi connectivity index (χ0) is 19.2. The van der Waals surface area contributed by atoms with E-state index in [9.17, 15) is 8.42 Å². The van der Waals surface area contributed by atoms with Crippen LogP contribution < -0.4 is 9.64 Å². The summed E-state index contributed by atoms with van der Waals surface area (Å²) in [6.45, 7) is 1.21. The summed E-state index contributed by atoms with van der Waals surface area (Å²) in [5, 5.41) is 0. The normalized spacial score (nSPS) is 11.6. The van der Waals surface area contributed by atoms with Crippen LogP contribution in [-0.2, 0) is 21.3 Å². The number of benzene rings is 2. The van der Waals surface area contributed by atoms with Crippen molar-refractivity contribution in [3.8, 4) is 5.75 Å². The molecule has 2 rings (SSSR count). The Kier molecular flexibility index (Phi) is 7.02. The molecule has 0 spiro atoms. The summed E-state index contributed by atoms with van der Waals surface area (Å²) in [6, 6.07) is 14.3. The van der Waals surface area contributed by atoms with Gasteiger partial charge in [0.2, 0.25) is 10.0 Å². The van der Waals surface area contributed by atoms with E-state index in [4.69, 9.17) is 9.47 Å². The fourth-order valence-corrected chi connectivity index (χ4v) is 3.53. The lowest BCUT2D eigenvalue weighted by atomic mass is 10.2. The first-order chi connectivity index (χ1) is 12.3. The number of rotatable bonds is 9. The summed E-state index contributed by atoms with van der Waals surface area (Å²) in [4.78, 5) is 2.24. The van der Waals surface area contributed by atoms with E-state index < -0.39 is 10.0 Å². The Morgan fingerprint density at radius 3 is 2.04 bits per heavy atom. The average molecular weight is 378 g/mol. The molecule has 6 nitrogen and oxygen atoms in total. The molecule has 0 aliphatic carbocycles. The highest BCUT2D eigenvalue weighted by atomic mass is 32.2. The van der Waals surface area contributed by atoms with E-state index in [0.717, 1.165) is 11.3 Å². The molecule has 0 aliphatic rings. The zero-order valence-electron chi connectivity index (χ0n) is 15.7. The molecule has 0 saturated heterocycles. The maximum atomic E-state index is 12.7. The second-order valence-electron chi connectivity index (χ2n) is 6.13. The van der Waals surface area contributed by atoms with Gasteiger partial charge >= 0.3 is 0 Å². The molecular formula is C19H26N2O4S. The molecule has 7 heteroatoms. The highest BCUT2D eigenvalue weighted by molar-refractivity contribution is 7.89. The third-order valence-electron chi connectivity index (χ3n) is 3.95. The van der Waals surface area contributed by atoms with E-state index in [0.29, 0.717) is 25.5 Å². The molecule has 142 valence electrons. The third-order valence-corrected chi connectivity index (χ3v) is 5.76. The lowest BCUT2D eigenvalue weighted by molar-refractivity contribution is 0.146. The van der Waals surface area contributed by atoms with Gasteiger partial charge in [-0.1, -0.05) is 12.1 Å². The standard InChI is InChI=1S/C19H26N2O4S/c1-20(2)17-7-5-16(6-8-17)15-21(3)26(22,23)19-11-9-18(10-12-19)25-14-13-24-4/h5-12H,13-15H2,1-4H3. The predicted octanol–water partition coefficient (Wildman–Crippen LogP) is 2.60. The van der Waals surface area contributed by atoms with Gasteiger partial charge in [0.15, 0.2) is 0 Å². The topological polar surface area (TPSA) is 59.1 Å². The molecule has 0 radical (unpaired) electrons. The van der Waals surface area contributed by atoms with Gasteiger partial charge < -0.3 is 14.4 Å². The van der Waals surface area contributed by atoms with Gasteiger partial charge in [0.25, 0.3) is 0 Å². The highest BCUT2D eigenvalue weighted by Gasteiger charge is 2.21. The van der Waals surface area contributed by atoms with Crippen LogP contribution in [0.3, 0.4) is 0 Å². The van der Waals surface area contributed by atoms with Crippen molar-refractivity contribution in [2.75, 3.05) is 46.4 Å². The maximum Gasteiger partial charge on any atom is 0.243 e. The molecule has 0 saturated carbocycles.